The van der Waals surface area contributed by atoms with Crippen LogP contribution in [0.2, 0.25) is 0 Å². The number of nitrogens with two attached hydrogens (primary N) is 1. The SMILES string of the molecule is NC(=O)c1ccc(-c2ccc(CN3CC[C@H](O)C3)cc2)n2ncnc12. The fraction of sp³-hybridized carbons (Fsp3) is 0.278. The molecular formula is C18H19N5O2. The largest absolute Gasteiger partial charge is 0.392 e. The van der Waals surface area contributed by atoms with Crippen LogP contribution in [0.3, 0.4) is 0 Å². The lowest BCUT2D eigenvalue weighted by atomic mass is 10.1. The summed E-state index contributed by atoms with van der Waals surface area (Å²) < 4.78 is 1.63. The van der Waals surface area contributed by atoms with Crippen molar-refractivity contribution in [2.75, 3.05) is 13.1 Å². The minimum Gasteiger partial charge on any atom is -0.392 e. The minimum absolute atomic E-state index is 0.205. The summed E-state index contributed by atoms with van der Waals surface area (Å²) in [6, 6.07) is 11.7. The zero-order valence-electron chi connectivity index (χ0n) is 13.7. The highest BCUT2D eigenvalue weighted by atomic mass is 16.3. The Morgan fingerprint density at radius 2 is 2.04 bits per heavy atom. The van der Waals surface area contributed by atoms with Gasteiger partial charge in [0, 0.05) is 25.2 Å². The summed E-state index contributed by atoms with van der Waals surface area (Å²) >= 11 is 0. The molecule has 1 aliphatic rings. The Morgan fingerprint density at radius 3 is 2.72 bits per heavy atom. The lowest BCUT2D eigenvalue weighted by Gasteiger charge is -2.15. The van der Waals surface area contributed by atoms with Gasteiger partial charge in [0.15, 0.2) is 5.65 Å². The second kappa shape index (κ2) is 6.27. The first-order chi connectivity index (χ1) is 12.1. The van der Waals surface area contributed by atoms with Crippen LogP contribution in [0.1, 0.15) is 22.3 Å². The van der Waals surface area contributed by atoms with Gasteiger partial charge in [0.25, 0.3) is 5.91 Å². The Labute approximate surface area is 144 Å². The lowest BCUT2D eigenvalue weighted by molar-refractivity contribution is 0.100. The van der Waals surface area contributed by atoms with Gasteiger partial charge in [-0.05, 0) is 24.1 Å². The zero-order valence-corrected chi connectivity index (χ0v) is 13.7. The second-order valence-electron chi connectivity index (χ2n) is 6.37. The van der Waals surface area contributed by atoms with Crippen LogP contribution in [0.5, 0.6) is 0 Å². The molecule has 1 fully saturated rings. The predicted octanol–water partition coefficient (Wildman–Crippen LogP) is 1.06. The standard InChI is InChI=1S/C18H19N5O2/c19-17(25)15-5-6-16(23-18(15)20-11-21-23)13-3-1-12(2-4-13)9-22-8-7-14(24)10-22/h1-6,11,14,24H,7-10H2,(H2,19,25)/t14-/m0/s1. The van der Waals surface area contributed by atoms with E-state index in [0.717, 1.165) is 37.3 Å². The average Bonchev–Trinajstić information content (AvgIpc) is 3.24. The molecule has 7 heteroatoms. The van der Waals surface area contributed by atoms with Gasteiger partial charge in [0.05, 0.1) is 17.4 Å². The number of rotatable bonds is 4. The van der Waals surface area contributed by atoms with E-state index in [1.54, 1.807) is 10.6 Å². The van der Waals surface area contributed by atoms with Crippen molar-refractivity contribution in [2.24, 2.45) is 5.73 Å². The Bertz CT molecular complexity index is 919. The van der Waals surface area contributed by atoms with E-state index in [4.69, 9.17) is 5.73 Å². The number of aliphatic hydroxyl groups is 1. The van der Waals surface area contributed by atoms with Crippen molar-refractivity contribution in [3.8, 4) is 11.3 Å². The number of aliphatic hydroxyl groups excluding tert-OH is 1. The summed E-state index contributed by atoms with van der Waals surface area (Å²) in [5, 5.41) is 13.8. The molecule has 4 rings (SSSR count). The number of pyridine rings is 1. The van der Waals surface area contributed by atoms with Crippen molar-refractivity contribution in [2.45, 2.75) is 19.1 Å². The second-order valence-corrected chi connectivity index (χ2v) is 6.37. The number of amides is 1. The van der Waals surface area contributed by atoms with Crippen LogP contribution in [0.15, 0.2) is 42.7 Å². The number of hydrogen-bond donors (Lipinski definition) is 2. The van der Waals surface area contributed by atoms with Crippen LogP contribution >= 0.6 is 0 Å². The van der Waals surface area contributed by atoms with E-state index in [2.05, 4.69) is 27.1 Å². The number of β-amino-alcohol motifs (C(OH)–C–C–N with tert-alkyl or cyclic N) is 1. The third kappa shape index (κ3) is 2.99. The zero-order chi connectivity index (χ0) is 17.4. The highest BCUT2D eigenvalue weighted by Crippen LogP contribution is 2.23. The van der Waals surface area contributed by atoms with Crippen molar-refractivity contribution in [1.82, 2.24) is 19.5 Å². The summed E-state index contributed by atoms with van der Waals surface area (Å²) in [4.78, 5) is 17.9. The van der Waals surface area contributed by atoms with Crippen molar-refractivity contribution < 1.29 is 9.90 Å². The molecule has 3 N–H and O–H groups in total. The normalized spacial score (nSPS) is 18.0. The first-order valence-electron chi connectivity index (χ1n) is 8.24. The third-order valence-electron chi connectivity index (χ3n) is 4.59. The van der Waals surface area contributed by atoms with Crippen LogP contribution in [0.25, 0.3) is 16.9 Å². The van der Waals surface area contributed by atoms with Gasteiger partial charge in [-0.2, -0.15) is 5.10 Å². The monoisotopic (exact) mass is 337 g/mol. The highest BCUT2D eigenvalue weighted by Gasteiger charge is 2.20. The van der Waals surface area contributed by atoms with Gasteiger partial charge in [0.2, 0.25) is 0 Å². The van der Waals surface area contributed by atoms with Gasteiger partial charge < -0.3 is 10.8 Å². The van der Waals surface area contributed by atoms with Crippen molar-refractivity contribution in [3.05, 3.63) is 53.9 Å². The topological polar surface area (TPSA) is 96.8 Å². The number of nitrogens with zero attached hydrogens (tertiary/aromatic N) is 4. The Hall–Kier alpha value is -2.77. The Morgan fingerprint density at radius 1 is 1.24 bits per heavy atom. The van der Waals surface area contributed by atoms with Crippen molar-refractivity contribution in [1.29, 1.82) is 0 Å². The molecule has 0 spiro atoms. The van der Waals surface area contributed by atoms with Crippen LogP contribution in [0.4, 0.5) is 0 Å². The molecule has 128 valence electrons. The first-order valence-corrected chi connectivity index (χ1v) is 8.24. The molecule has 3 heterocycles. The van der Waals surface area contributed by atoms with Gasteiger partial charge in [-0.1, -0.05) is 24.3 Å². The number of primary amides is 1. The quantitative estimate of drug-likeness (QED) is 0.742. The van der Waals surface area contributed by atoms with E-state index < -0.39 is 5.91 Å². The molecule has 0 unspecified atom stereocenters. The van der Waals surface area contributed by atoms with Crippen LogP contribution < -0.4 is 5.73 Å². The maximum Gasteiger partial charge on any atom is 0.252 e. The van der Waals surface area contributed by atoms with Crippen molar-refractivity contribution in [3.63, 3.8) is 0 Å². The molecule has 2 aromatic heterocycles. The summed E-state index contributed by atoms with van der Waals surface area (Å²) in [7, 11) is 0. The molecule has 0 saturated carbocycles. The van der Waals surface area contributed by atoms with Crippen LogP contribution in [-0.2, 0) is 6.54 Å². The number of carbonyl (C=O) groups excluding carboxylic acids is 1. The summed E-state index contributed by atoms with van der Waals surface area (Å²) in [5.41, 5.74) is 9.23. The van der Waals surface area contributed by atoms with E-state index in [0.29, 0.717) is 11.2 Å². The van der Waals surface area contributed by atoms with E-state index in [1.165, 1.54) is 11.9 Å². The van der Waals surface area contributed by atoms with Crippen LogP contribution in [0, 0.1) is 0 Å². The molecule has 7 nitrogen and oxygen atoms in total. The van der Waals surface area contributed by atoms with Gasteiger partial charge in [-0.3, -0.25) is 9.69 Å². The van der Waals surface area contributed by atoms with Gasteiger partial charge >= 0.3 is 0 Å². The lowest BCUT2D eigenvalue weighted by Crippen LogP contribution is -2.21. The number of likely N-dealkylation sites (tertiary alicyclic amines) is 1. The maximum absolute atomic E-state index is 11.5. The van der Waals surface area contributed by atoms with E-state index in [-0.39, 0.29) is 6.10 Å². The Kier molecular flexibility index (Phi) is 3.95. The molecule has 1 saturated heterocycles. The molecule has 3 aromatic rings. The minimum atomic E-state index is -0.521. The molecule has 1 atom stereocenters. The van der Waals surface area contributed by atoms with E-state index in [1.807, 2.05) is 18.2 Å². The summed E-state index contributed by atoms with van der Waals surface area (Å²) in [6.07, 6.45) is 2.05. The molecule has 1 amide bonds. The molecular weight excluding hydrogens is 318 g/mol. The van der Waals surface area contributed by atoms with Crippen molar-refractivity contribution >= 4 is 11.6 Å². The van der Waals surface area contributed by atoms with Gasteiger partial charge in [-0.15, -0.1) is 0 Å². The number of aromatic nitrogens is 3. The fourth-order valence-electron chi connectivity index (χ4n) is 3.31. The number of benzene rings is 1. The molecule has 1 aromatic carbocycles. The smallest absolute Gasteiger partial charge is 0.252 e. The summed E-state index contributed by atoms with van der Waals surface area (Å²) in [6.45, 7) is 2.49. The molecule has 1 aliphatic heterocycles. The maximum atomic E-state index is 11.5. The molecule has 25 heavy (non-hydrogen) atoms. The predicted molar refractivity (Wildman–Crippen MR) is 92.8 cm³/mol. The molecule has 0 bridgehead atoms. The molecule has 0 aliphatic carbocycles. The highest BCUT2D eigenvalue weighted by molar-refractivity contribution is 5.99. The third-order valence-corrected chi connectivity index (χ3v) is 4.59. The fourth-order valence-corrected chi connectivity index (χ4v) is 3.31. The molecule has 0 radical (unpaired) electrons. The number of fused-ring (bicyclic) bond motifs is 1. The van der Waals surface area contributed by atoms with Gasteiger partial charge in [-0.25, -0.2) is 9.50 Å². The average molecular weight is 337 g/mol. The number of carbonyl (C=O) groups is 1. The van der Waals surface area contributed by atoms with E-state index in [9.17, 15) is 9.90 Å². The summed E-state index contributed by atoms with van der Waals surface area (Å²) in [5.74, 6) is -0.521. The number of hydrogen-bond acceptors (Lipinski definition) is 5. The Balaban J connectivity index is 1.62. The van der Waals surface area contributed by atoms with Gasteiger partial charge in [0.1, 0.15) is 6.33 Å². The van der Waals surface area contributed by atoms with Crippen LogP contribution in [-0.4, -0.2) is 49.7 Å². The first kappa shape index (κ1) is 15.7. The van der Waals surface area contributed by atoms with E-state index >= 15 is 0 Å².